The molecule has 1 heterocycles. The van der Waals surface area contributed by atoms with Crippen LogP contribution >= 0.6 is 11.3 Å². The lowest BCUT2D eigenvalue weighted by atomic mass is 10.2. The number of benzene rings is 2. The maximum absolute atomic E-state index is 12.9. The first-order valence-electron chi connectivity index (χ1n) is 8.81. The van der Waals surface area contributed by atoms with Crippen molar-refractivity contribution in [2.45, 2.75) is 13.8 Å². The van der Waals surface area contributed by atoms with E-state index >= 15 is 0 Å². The number of amides is 2. The van der Waals surface area contributed by atoms with Gasteiger partial charge in [-0.1, -0.05) is 12.1 Å². The fourth-order valence-corrected chi connectivity index (χ4v) is 3.40. The smallest absolute Gasteiger partial charge is 0.277 e. The van der Waals surface area contributed by atoms with Crippen LogP contribution in [0.2, 0.25) is 0 Å². The number of carbonyl (C=O) groups is 2. The summed E-state index contributed by atoms with van der Waals surface area (Å²) in [6.07, 6.45) is 0. The van der Waals surface area contributed by atoms with Gasteiger partial charge in [0.2, 0.25) is 0 Å². The van der Waals surface area contributed by atoms with Gasteiger partial charge >= 0.3 is 0 Å². The minimum absolute atomic E-state index is 0.200. The molecule has 2 aromatic carbocycles. The number of carbonyl (C=O) groups excluding carboxylic acids is 2. The van der Waals surface area contributed by atoms with Gasteiger partial charge in [0.25, 0.3) is 11.8 Å². The fraction of sp³-hybridized carbons (Fsp3) is 0.190. The first-order chi connectivity index (χ1) is 13.5. The molecule has 0 unspecified atom stereocenters. The molecular formula is C21H21N3O3S. The Hall–Kier alpha value is -3.19. The number of aryl methyl sites for hydroxylation is 1. The zero-order valence-electron chi connectivity index (χ0n) is 15.9. The van der Waals surface area contributed by atoms with E-state index in [1.807, 2.05) is 38.1 Å². The van der Waals surface area contributed by atoms with Gasteiger partial charge in [-0.25, -0.2) is 4.98 Å². The molecule has 0 aliphatic carbocycles. The van der Waals surface area contributed by atoms with E-state index in [0.29, 0.717) is 28.7 Å². The van der Waals surface area contributed by atoms with Crippen molar-refractivity contribution < 1.29 is 14.3 Å². The number of aromatic nitrogens is 1. The van der Waals surface area contributed by atoms with Crippen LogP contribution in [0.15, 0.2) is 53.9 Å². The van der Waals surface area contributed by atoms with Gasteiger partial charge in [-0.2, -0.15) is 0 Å². The molecule has 0 aliphatic heterocycles. The summed E-state index contributed by atoms with van der Waals surface area (Å²) in [5, 5.41) is 4.77. The largest absolute Gasteiger partial charge is 0.497 e. The average Bonchev–Trinajstić information content (AvgIpc) is 3.17. The number of ether oxygens (including phenoxy) is 1. The third kappa shape index (κ3) is 4.37. The molecule has 0 saturated carbocycles. The maximum atomic E-state index is 12.9. The van der Waals surface area contributed by atoms with Crippen molar-refractivity contribution in [2.75, 3.05) is 23.9 Å². The van der Waals surface area contributed by atoms with Crippen LogP contribution in [0.25, 0.3) is 0 Å². The van der Waals surface area contributed by atoms with E-state index < -0.39 is 0 Å². The molecule has 0 spiro atoms. The predicted molar refractivity (Wildman–Crippen MR) is 112 cm³/mol. The Labute approximate surface area is 167 Å². The van der Waals surface area contributed by atoms with Crippen molar-refractivity contribution >= 4 is 34.0 Å². The molecule has 3 aromatic rings. The highest BCUT2D eigenvalue weighted by Crippen LogP contribution is 2.22. The minimum Gasteiger partial charge on any atom is -0.497 e. The quantitative estimate of drug-likeness (QED) is 0.672. The Morgan fingerprint density at radius 2 is 1.93 bits per heavy atom. The van der Waals surface area contributed by atoms with Crippen LogP contribution in [0.1, 0.15) is 33.3 Å². The van der Waals surface area contributed by atoms with Crippen LogP contribution in [0, 0.1) is 6.92 Å². The van der Waals surface area contributed by atoms with Gasteiger partial charge in [-0.3, -0.25) is 14.9 Å². The Morgan fingerprint density at radius 1 is 1.18 bits per heavy atom. The second-order valence-electron chi connectivity index (χ2n) is 6.11. The van der Waals surface area contributed by atoms with Crippen molar-refractivity contribution in [3.63, 3.8) is 0 Å². The van der Waals surface area contributed by atoms with Crippen molar-refractivity contribution in [1.82, 2.24) is 4.98 Å². The van der Waals surface area contributed by atoms with E-state index in [-0.39, 0.29) is 11.8 Å². The van der Waals surface area contributed by atoms with E-state index in [2.05, 4.69) is 10.3 Å². The zero-order chi connectivity index (χ0) is 20.1. The number of rotatable bonds is 6. The molecule has 0 atom stereocenters. The first-order valence-corrected chi connectivity index (χ1v) is 9.69. The molecule has 2 amide bonds. The topological polar surface area (TPSA) is 71.5 Å². The van der Waals surface area contributed by atoms with E-state index in [1.165, 1.54) is 11.3 Å². The number of hydrogen-bond donors (Lipinski definition) is 1. The van der Waals surface area contributed by atoms with Gasteiger partial charge in [0.1, 0.15) is 11.4 Å². The van der Waals surface area contributed by atoms with Crippen molar-refractivity contribution in [3.8, 4) is 5.75 Å². The third-order valence-electron chi connectivity index (χ3n) is 4.17. The van der Waals surface area contributed by atoms with E-state index in [1.54, 1.807) is 41.7 Å². The lowest BCUT2D eigenvalue weighted by Crippen LogP contribution is -2.31. The normalized spacial score (nSPS) is 10.4. The summed E-state index contributed by atoms with van der Waals surface area (Å²) in [5.41, 5.74) is 2.69. The van der Waals surface area contributed by atoms with Gasteiger partial charge in [0.05, 0.1) is 7.11 Å². The number of thiazole rings is 1. The SMILES string of the molecule is CCN(C(=O)c1csc(NC(=O)c2ccc(OC)cc2)n1)c1cccc(C)c1. The number of anilines is 2. The van der Waals surface area contributed by atoms with Gasteiger partial charge in [-0.05, 0) is 55.8 Å². The standard InChI is InChI=1S/C21H21N3O3S/c1-4-24(16-7-5-6-14(2)12-16)20(26)18-13-28-21(22-18)23-19(25)15-8-10-17(27-3)11-9-15/h5-13H,4H2,1-3H3,(H,22,23,25). The molecular weight excluding hydrogens is 374 g/mol. The van der Waals surface area contributed by atoms with Crippen LogP contribution in [-0.4, -0.2) is 30.5 Å². The first kappa shape index (κ1) is 19.6. The minimum atomic E-state index is -0.290. The van der Waals surface area contributed by atoms with Crippen molar-refractivity contribution in [1.29, 1.82) is 0 Å². The number of methoxy groups -OCH3 is 1. The summed E-state index contributed by atoms with van der Waals surface area (Å²) < 4.78 is 5.09. The van der Waals surface area contributed by atoms with Gasteiger partial charge < -0.3 is 9.64 Å². The molecule has 1 N–H and O–H groups in total. The van der Waals surface area contributed by atoms with E-state index in [0.717, 1.165) is 11.3 Å². The van der Waals surface area contributed by atoms with Gasteiger partial charge in [0, 0.05) is 23.2 Å². The average molecular weight is 395 g/mol. The Morgan fingerprint density at radius 3 is 2.57 bits per heavy atom. The number of hydrogen-bond acceptors (Lipinski definition) is 5. The van der Waals surface area contributed by atoms with E-state index in [9.17, 15) is 9.59 Å². The van der Waals surface area contributed by atoms with Gasteiger partial charge in [-0.15, -0.1) is 11.3 Å². The van der Waals surface area contributed by atoms with Crippen LogP contribution in [0.3, 0.4) is 0 Å². The Kier molecular flexibility index (Phi) is 6.06. The monoisotopic (exact) mass is 395 g/mol. The second-order valence-corrected chi connectivity index (χ2v) is 6.97. The lowest BCUT2D eigenvalue weighted by molar-refractivity contribution is 0.0981. The lowest BCUT2D eigenvalue weighted by Gasteiger charge is -2.20. The summed E-state index contributed by atoms with van der Waals surface area (Å²) in [7, 11) is 1.57. The molecule has 3 rings (SSSR count). The summed E-state index contributed by atoms with van der Waals surface area (Å²) >= 11 is 1.22. The van der Waals surface area contributed by atoms with Crippen LogP contribution < -0.4 is 15.0 Å². The number of nitrogens with zero attached hydrogens (tertiary/aromatic N) is 2. The molecule has 0 fully saturated rings. The van der Waals surface area contributed by atoms with Crippen LogP contribution in [-0.2, 0) is 0 Å². The molecule has 7 heteroatoms. The molecule has 0 saturated heterocycles. The van der Waals surface area contributed by atoms with Crippen molar-refractivity contribution in [3.05, 3.63) is 70.7 Å². The summed E-state index contributed by atoms with van der Waals surface area (Å²) in [6.45, 7) is 4.42. The fourth-order valence-electron chi connectivity index (χ4n) is 2.72. The predicted octanol–water partition coefficient (Wildman–Crippen LogP) is 4.38. The molecule has 28 heavy (non-hydrogen) atoms. The Balaban J connectivity index is 1.73. The van der Waals surface area contributed by atoms with E-state index in [4.69, 9.17) is 4.74 Å². The molecule has 1 aromatic heterocycles. The highest BCUT2D eigenvalue weighted by Gasteiger charge is 2.20. The molecule has 144 valence electrons. The maximum Gasteiger partial charge on any atom is 0.277 e. The van der Waals surface area contributed by atoms with Gasteiger partial charge in [0.15, 0.2) is 5.13 Å². The number of nitrogens with one attached hydrogen (secondary N) is 1. The molecule has 0 bridgehead atoms. The van der Waals surface area contributed by atoms with Crippen molar-refractivity contribution in [2.24, 2.45) is 0 Å². The van der Waals surface area contributed by atoms with Crippen LogP contribution in [0.5, 0.6) is 5.75 Å². The Bertz CT molecular complexity index is 983. The highest BCUT2D eigenvalue weighted by molar-refractivity contribution is 7.14. The molecule has 0 aliphatic rings. The zero-order valence-corrected chi connectivity index (χ0v) is 16.7. The van der Waals surface area contributed by atoms with Crippen LogP contribution in [0.4, 0.5) is 10.8 Å². The highest BCUT2D eigenvalue weighted by atomic mass is 32.1. The second kappa shape index (κ2) is 8.67. The third-order valence-corrected chi connectivity index (χ3v) is 4.93. The molecule has 6 nitrogen and oxygen atoms in total. The summed E-state index contributed by atoms with van der Waals surface area (Å²) in [6, 6.07) is 14.5. The summed E-state index contributed by atoms with van der Waals surface area (Å²) in [5.74, 6) is 0.186. The molecule has 0 radical (unpaired) electrons. The summed E-state index contributed by atoms with van der Waals surface area (Å²) in [4.78, 5) is 31.2.